The van der Waals surface area contributed by atoms with Crippen molar-refractivity contribution in [2.75, 3.05) is 0 Å². The van der Waals surface area contributed by atoms with Crippen LogP contribution in [0.2, 0.25) is 10.0 Å². The van der Waals surface area contributed by atoms with Gasteiger partial charge in [0.05, 0.1) is 10.0 Å². The molecular weight excluding hydrogens is 239 g/mol. The van der Waals surface area contributed by atoms with Crippen LogP contribution in [0.15, 0.2) is 48.1 Å². The lowest BCUT2D eigenvalue weighted by Crippen LogP contribution is -1.87. The monoisotopic (exact) mass is 252 g/mol. The van der Waals surface area contributed by atoms with E-state index in [0.29, 0.717) is 10.0 Å². The van der Waals surface area contributed by atoms with Gasteiger partial charge in [0, 0.05) is 0 Å². The van der Waals surface area contributed by atoms with Crippen molar-refractivity contribution in [3.05, 3.63) is 63.7 Å². The van der Waals surface area contributed by atoms with Gasteiger partial charge in [0.2, 0.25) is 0 Å². The fourth-order valence-electron chi connectivity index (χ4n) is 1.40. The lowest BCUT2D eigenvalue weighted by molar-refractivity contribution is 1.36. The van der Waals surface area contributed by atoms with E-state index < -0.39 is 0 Å². The van der Waals surface area contributed by atoms with Gasteiger partial charge >= 0.3 is 0 Å². The van der Waals surface area contributed by atoms with Gasteiger partial charge in [-0.25, -0.2) is 0 Å². The van der Waals surface area contributed by atoms with Crippen LogP contribution in [0.1, 0.15) is 19.4 Å². The minimum atomic E-state index is 0.554. The highest BCUT2D eigenvalue weighted by atomic mass is 35.5. The number of allylic oxidation sites excluding steroid dienone is 3. The molecule has 0 fully saturated rings. The standard InChI is InChI=1S/C14H14Cl2/c1-9(2)12(10(3)4)8-11-6-5-7-13(15)14(11)16/h5-8H,1,3H2,2,4H3. The van der Waals surface area contributed by atoms with E-state index in [1.54, 1.807) is 6.07 Å². The van der Waals surface area contributed by atoms with Crippen LogP contribution in [0, 0.1) is 0 Å². The molecule has 0 saturated heterocycles. The summed E-state index contributed by atoms with van der Waals surface area (Å²) in [5.41, 5.74) is 3.81. The van der Waals surface area contributed by atoms with Crippen LogP contribution in [-0.2, 0) is 0 Å². The van der Waals surface area contributed by atoms with Crippen LogP contribution in [0.25, 0.3) is 6.08 Å². The van der Waals surface area contributed by atoms with Crippen molar-refractivity contribution in [2.24, 2.45) is 0 Å². The lowest BCUT2D eigenvalue weighted by atomic mass is 10.00. The molecule has 0 amide bonds. The van der Waals surface area contributed by atoms with E-state index in [0.717, 1.165) is 22.3 Å². The average Bonchev–Trinajstić information content (AvgIpc) is 2.19. The Bertz CT molecular complexity index is 452. The summed E-state index contributed by atoms with van der Waals surface area (Å²) in [7, 11) is 0. The molecule has 0 heterocycles. The van der Waals surface area contributed by atoms with Gasteiger partial charge in [-0.2, -0.15) is 0 Å². The molecule has 0 aliphatic heterocycles. The Balaban J connectivity index is 3.29. The maximum absolute atomic E-state index is 6.11. The van der Waals surface area contributed by atoms with Crippen LogP contribution in [0.4, 0.5) is 0 Å². The van der Waals surface area contributed by atoms with Crippen LogP contribution in [-0.4, -0.2) is 0 Å². The zero-order chi connectivity index (χ0) is 12.3. The molecule has 0 N–H and O–H groups in total. The SMILES string of the molecule is C=C(C)C(=Cc1cccc(Cl)c1Cl)C(=C)C. The Hall–Kier alpha value is -0.980. The van der Waals surface area contributed by atoms with Gasteiger partial charge in [-0.3, -0.25) is 0 Å². The first-order chi connectivity index (χ1) is 7.43. The summed E-state index contributed by atoms with van der Waals surface area (Å²) in [6, 6.07) is 5.55. The average molecular weight is 253 g/mol. The highest BCUT2D eigenvalue weighted by Gasteiger charge is 2.05. The summed E-state index contributed by atoms with van der Waals surface area (Å²) in [6.07, 6.45) is 1.96. The Morgan fingerprint density at radius 3 is 2.19 bits per heavy atom. The second-order valence-corrected chi connectivity index (χ2v) is 4.55. The van der Waals surface area contributed by atoms with E-state index in [1.165, 1.54) is 0 Å². The summed E-state index contributed by atoms with van der Waals surface area (Å²) in [5, 5.41) is 1.11. The quantitative estimate of drug-likeness (QED) is 0.621. The van der Waals surface area contributed by atoms with E-state index in [4.69, 9.17) is 23.2 Å². The van der Waals surface area contributed by atoms with Gasteiger partial charge in [-0.15, -0.1) is 0 Å². The third kappa shape index (κ3) is 3.01. The number of hydrogen-bond acceptors (Lipinski definition) is 0. The van der Waals surface area contributed by atoms with Crippen molar-refractivity contribution >= 4 is 29.3 Å². The molecule has 0 aromatic heterocycles. The predicted molar refractivity (Wildman–Crippen MR) is 74.1 cm³/mol. The van der Waals surface area contributed by atoms with Gasteiger partial charge in [0.1, 0.15) is 0 Å². The third-order valence-electron chi connectivity index (χ3n) is 2.20. The van der Waals surface area contributed by atoms with Crippen LogP contribution < -0.4 is 0 Å². The first-order valence-electron chi connectivity index (χ1n) is 4.91. The van der Waals surface area contributed by atoms with Crippen molar-refractivity contribution < 1.29 is 0 Å². The van der Waals surface area contributed by atoms with Crippen molar-refractivity contribution in [2.45, 2.75) is 13.8 Å². The smallest absolute Gasteiger partial charge is 0.0664 e. The predicted octanol–water partition coefficient (Wildman–Crippen LogP) is 5.53. The highest BCUT2D eigenvalue weighted by Crippen LogP contribution is 2.29. The van der Waals surface area contributed by atoms with Gasteiger partial charge in [0.25, 0.3) is 0 Å². The molecule has 0 aliphatic rings. The maximum atomic E-state index is 6.11. The molecule has 0 spiro atoms. The second-order valence-electron chi connectivity index (χ2n) is 3.76. The molecule has 0 saturated carbocycles. The summed E-state index contributed by atoms with van der Waals surface area (Å²) >= 11 is 12.1. The Labute approximate surface area is 107 Å². The van der Waals surface area contributed by atoms with E-state index in [1.807, 2.05) is 32.1 Å². The number of benzene rings is 1. The highest BCUT2D eigenvalue weighted by molar-refractivity contribution is 6.42. The molecule has 1 aromatic carbocycles. The van der Waals surface area contributed by atoms with E-state index in [9.17, 15) is 0 Å². The molecule has 1 aromatic rings. The van der Waals surface area contributed by atoms with E-state index in [-0.39, 0.29) is 0 Å². The summed E-state index contributed by atoms with van der Waals surface area (Å²) in [6.45, 7) is 11.7. The van der Waals surface area contributed by atoms with Crippen LogP contribution in [0.5, 0.6) is 0 Å². The first-order valence-corrected chi connectivity index (χ1v) is 5.66. The van der Waals surface area contributed by atoms with Gasteiger partial charge in [-0.1, -0.05) is 59.6 Å². The van der Waals surface area contributed by atoms with Gasteiger partial charge < -0.3 is 0 Å². The molecule has 84 valence electrons. The van der Waals surface area contributed by atoms with Crippen molar-refractivity contribution in [3.63, 3.8) is 0 Å². The van der Waals surface area contributed by atoms with Crippen molar-refractivity contribution in [3.8, 4) is 0 Å². The van der Waals surface area contributed by atoms with Gasteiger partial charge in [0.15, 0.2) is 0 Å². The molecule has 0 nitrogen and oxygen atoms in total. The maximum Gasteiger partial charge on any atom is 0.0664 e. The molecular formula is C14H14Cl2. The fourth-order valence-corrected chi connectivity index (χ4v) is 1.76. The van der Waals surface area contributed by atoms with E-state index in [2.05, 4.69) is 13.2 Å². The largest absolute Gasteiger partial charge is 0.0955 e. The zero-order valence-corrected chi connectivity index (χ0v) is 11.0. The molecule has 1 rings (SSSR count). The summed E-state index contributed by atoms with van der Waals surface area (Å²) in [4.78, 5) is 0. The molecule has 0 bridgehead atoms. The van der Waals surface area contributed by atoms with Crippen molar-refractivity contribution in [1.29, 1.82) is 0 Å². The normalized spacial score (nSPS) is 9.75. The Kier molecular flexibility index (Phi) is 4.40. The molecule has 0 radical (unpaired) electrons. The fraction of sp³-hybridized carbons (Fsp3) is 0.143. The topological polar surface area (TPSA) is 0 Å². The first kappa shape index (κ1) is 13.1. The molecule has 0 atom stereocenters. The number of rotatable bonds is 3. The molecule has 0 unspecified atom stereocenters. The zero-order valence-electron chi connectivity index (χ0n) is 9.48. The molecule has 16 heavy (non-hydrogen) atoms. The second kappa shape index (κ2) is 5.38. The summed E-state index contributed by atoms with van der Waals surface area (Å²) in [5.74, 6) is 0. The van der Waals surface area contributed by atoms with Gasteiger partial charge in [-0.05, 0) is 37.1 Å². The Morgan fingerprint density at radius 1 is 1.12 bits per heavy atom. The number of hydrogen-bond donors (Lipinski definition) is 0. The minimum absolute atomic E-state index is 0.554. The molecule has 2 heteroatoms. The summed E-state index contributed by atoms with van der Waals surface area (Å²) < 4.78 is 0. The van der Waals surface area contributed by atoms with Crippen LogP contribution in [0.3, 0.4) is 0 Å². The lowest BCUT2D eigenvalue weighted by Gasteiger charge is -2.08. The minimum Gasteiger partial charge on any atom is -0.0955 e. The van der Waals surface area contributed by atoms with Crippen LogP contribution >= 0.6 is 23.2 Å². The van der Waals surface area contributed by atoms with Crippen molar-refractivity contribution in [1.82, 2.24) is 0 Å². The van der Waals surface area contributed by atoms with E-state index >= 15 is 0 Å². The molecule has 0 aliphatic carbocycles. The Morgan fingerprint density at radius 2 is 1.69 bits per heavy atom. The third-order valence-corrected chi connectivity index (χ3v) is 3.03. The number of halogens is 2.